The van der Waals surface area contributed by atoms with Crippen molar-refractivity contribution in [3.05, 3.63) is 29.8 Å². The number of hydrogen-bond acceptors (Lipinski definition) is 3. The molecular weight excluding hydrogens is 465 g/mol. The first kappa shape index (κ1) is 22.9. The summed E-state index contributed by atoms with van der Waals surface area (Å²) in [5, 5.41) is 9.87. The van der Waals surface area contributed by atoms with Crippen molar-refractivity contribution in [3.63, 3.8) is 0 Å². The van der Waals surface area contributed by atoms with E-state index in [2.05, 4.69) is 38.8 Å². The fourth-order valence-corrected chi connectivity index (χ4v) is 3.84. The van der Waals surface area contributed by atoms with Crippen LogP contribution in [0.2, 0.25) is 0 Å². The third-order valence-corrected chi connectivity index (χ3v) is 5.76. The predicted molar refractivity (Wildman–Crippen MR) is 126 cm³/mol. The normalized spacial score (nSPS) is 20.2. The van der Waals surface area contributed by atoms with E-state index >= 15 is 0 Å². The smallest absolute Gasteiger partial charge is 0.227 e. The number of aliphatic imine (C=N–C) groups is 1. The van der Waals surface area contributed by atoms with Crippen LogP contribution in [0.4, 0.5) is 5.69 Å². The number of carbonyl (C=O) groups is 1. The van der Waals surface area contributed by atoms with E-state index in [-0.39, 0.29) is 35.8 Å². The molecule has 1 saturated carbocycles. The fraction of sp³-hybridized carbons (Fsp3) is 0.619. The average Bonchev–Trinajstić information content (AvgIpc) is 3.08. The highest BCUT2D eigenvalue weighted by Crippen LogP contribution is 2.27. The number of hydrogen-bond donors (Lipinski definition) is 3. The van der Waals surface area contributed by atoms with E-state index in [1.165, 1.54) is 25.8 Å². The summed E-state index contributed by atoms with van der Waals surface area (Å²) >= 11 is 0. The van der Waals surface area contributed by atoms with Crippen LogP contribution >= 0.6 is 24.0 Å². The Morgan fingerprint density at radius 1 is 1.21 bits per heavy atom. The number of halogens is 1. The monoisotopic (exact) mass is 499 g/mol. The van der Waals surface area contributed by atoms with Crippen LogP contribution in [0, 0.1) is 5.92 Å². The van der Waals surface area contributed by atoms with Crippen molar-refractivity contribution < 1.29 is 4.79 Å². The molecular formula is C21H34IN5O. The van der Waals surface area contributed by atoms with E-state index in [1.54, 1.807) is 7.05 Å². The second-order valence-corrected chi connectivity index (χ2v) is 7.55. The highest BCUT2D eigenvalue weighted by atomic mass is 127. The van der Waals surface area contributed by atoms with Gasteiger partial charge in [-0.3, -0.25) is 14.7 Å². The highest BCUT2D eigenvalue weighted by molar-refractivity contribution is 14.0. The Balaban J connectivity index is 0.00000280. The summed E-state index contributed by atoms with van der Waals surface area (Å²) in [5.74, 6) is 1.18. The summed E-state index contributed by atoms with van der Waals surface area (Å²) in [6, 6.07) is 8.63. The number of nitrogens with zero attached hydrogens (tertiary/aromatic N) is 2. The maximum Gasteiger partial charge on any atom is 0.227 e. The molecule has 156 valence electrons. The molecule has 1 aliphatic heterocycles. The summed E-state index contributed by atoms with van der Waals surface area (Å²) in [6.07, 6.45) is 5.74. The molecule has 1 aromatic carbocycles. The van der Waals surface area contributed by atoms with Gasteiger partial charge in [0.2, 0.25) is 5.91 Å². The van der Waals surface area contributed by atoms with Crippen LogP contribution in [0.25, 0.3) is 0 Å². The Labute approximate surface area is 186 Å². The number of benzene rings is 1. The molecule has 1 atom stereocenters. The van der Waals surface area contributed by atoms with Gasteiger partial charge in [-0.1, -0.05) is 25.5 Å². The van der Waals surface area contributed by atoms with Crippen molar-refractivity contribution in [2.75, 3.05) is 32.0 Å². The zero-order valence-corrected chi connectivity index (χ0v) is 19.4. The lowest BCUT2D eigenvalue weighted by Gasteiger charge is -2.24. The van der Waals surface area contributed by atoms with Gasteiger partial charge in [0.15, 0.2) is 5.96 Å². The average molecular weight is 499 g/mol. The van der Waals surface area contributed by atoms with Crippen LogP contribution < -0.4 is 16.0 Å². The van der Waals surface area contributed by atoms with E-state index in [4.69, 9.17) is 0 Å². The van der Waals surface area contributed by atoms with Crippen molar-refractivity contribution in [1.29, 1.82) is 0 Å². The Morgan fingerprint density at radius 3 is 2.71 bits per heavy atom. The van der Waals surface area contributed by atoms with Gasteiger partial charge in [-0.2, -0.15) is 0 Å². The molecule has 28 heavy (non-hydrogen) atoms. The minimum absolute atomic E-state index is 0. The number of likely N-dealkylation sites (N-methyl/N-ethyl adjacent to an activating group) is 1. The minimum atomic E-state index is 0. The van der Waals surface area contributed by atoms with Gasteiger partial charge in [-0.05, 0) is 56.5 Å². The number of rotatable bonds is 7. The van der Waals surface area contributed by atoms with Crippen LogP contribution in [0.15, 0.2) is 29.3 Å². The van der Waals surface area contributed by atoms with Crippen LogP contribution in [-0.4, -0.2) is 49.5 Å². The summed E-state index contributed by atoms with van der Waals surface area (Å²) in [5.41, 5.74) is 2.00. The van der Waals surface area contributed by atoms with Crippen LogP contribution in [-0.2, 0) is 11.3 Å². The Morgan fingerprint density at radius 2 is 2.04 bits per heavy atom. The molecule has 0 radical (unpaired) electrons. The van der Waals surface area contributed by atoms with Gasteiger partial charge < -0.3 is 16.0 Å². The molecule has 2 aliphatic rings. The number of guanidine groups is 1. The summed E-state index contributed by atoms with van der Waals surface area (Å²) in [7, 11) is 1.80. The highest BCUT2D eigenvalue weighted by Gasteiger charge is 2.25. The molecule has 2 fully saturated rings. The first-order valence-electron chi connectivity index (χ1n) is 10.3. The summed E-state index contributed by atoms with van der Waals surface area (Å²) in [4.78, 5) is 19.0. The molecule has 0 spiro atoms. The second-order valence-electron chi connectivity index (χ2n) is 7.55. The second kappa shape index (κ2) is 11.6. The van der Waals surface area contributed by atoms with Crippen LogP contribution in [0.5, 0.6) is 0 Å². The lowest BCUT2D eigenvalue weighted by Crippen LogP contribution is -2.44. The topological polar surface area (TPSA) is 68.8 Å². The van der Waals surface area contributed by atoms with Gasteiger partial charge in [0.25, 0.3) is 0 Å². The Kier molecular flexibility index (Phi) is 9.50. The van der Waals surface area contributed by atoms with Crippen LogP contribution in [0.3, 0.4) is 0 Å². The molecule has 0 bridgehead atoms. The molecule has 1 aliphatic carbocycles. The Bertz CT molecular complexity index is 662. The van der Waals surface area contributed by atoms with E-state index in [0.717, 1.165) is 43.1 Å². The predicted octanol–water partition coefficient (Wildman–Crippen LogP) is 3.19. The van der Waals surface area contributed by atoms with Gasteiger partial charge in [-0.15, -0.1) is 24.0 Å². The van der Waals surface area contributed by atoms with Crippen LogP contribution in [0.1, 0.15) is 44.6 Å². The van der Waals surface area contributed by atoms with Crippen molar-refractivity contribution >= 4 is 41.5 Å². The zero-order valence-electron chi connectivity index (χ0n) is 17.0. The lowest BCUT2D eigenvalue weighted by atomic mass is 9.85. The maximum atomic E-state index is 12.1. The molecule has 3 N–H and O–H groups in total. The minimum Gasteiger partial charge on any atom is -0.355 e. The van der Waals surface area contributed by atoms with Crippen molar-refractivity contribution in [1.82, 2.24) is 15.5 Å². The van der Waals surface area contributed by atoms with Gasteiger partial charge in [-0.25, -0.2) is 0 Å². The number of carbonyl (C=O) groups excluding carboxylic acids is 1. The first-order chi connectivity index (χ1) is 13.2. The number of likely N-dealkylation sites (tertiary alicyclic amines) is 1. The van der Waals surface area contributed by atoms with E-state index < -0.39 is 0 Å². The Hall–Kier alpha value is -1.35. The summed E-state index contributed by atoms with van der Waals surface area (Å²) < 4.78 is 0. The SMILES string of the molecule is CCN1CCCC1CNC(=NC)NCc1cccc(NC(=O)C2CCC2)c1.I. The van der Waals surface area contributed by atoms with E-state index in [1.807, 2.05) is 18.2 Å². The third kappa shape index (κ3) is 6.34. The van der Waals surface area contributed by atoms with E-state index in [9.17, 15) is 4.79 Å². The van der Waals surface area contributed by atoms with Crippen molar-refractivity contribution in [2.24, 2.45) is 10.9 Å². The van der Waals surface area contributed by atoms with E-state index in [0.29, 0.717) is 12.6 Å². The quantitative estimate of drug-likeness (QED) is 0.306. The molecule has 3 rings (SSSR count). The molecule has 7 heteroatoms. The van der Waals surface area contributed by atoms with Crippen molar-refractivity contribution in [3.8, 4) is 0 Å². The number of amides is 1. The molecule has 1 heterocycles. The molecule has 0 aromatic heterocycles. The third-order valence-electron chi connectivity index (χ3n) is 5.76. The zero-order chi connectivity index (χ0) is 19.1. The first-order valence-corrected chi connectivity index (χ1v) is 10.3. The summed E-state index contributed by atoms with van der Waals surface area (Å²) in [6.45, 7) is 6.13. The van der Waals surface area contributed by atoms with Gasteiger partial charge >= 0.3 is 0 Å². The largest absolute Gasteiger partial charge is 0.355 e. The number of anilines is 1. The molecule has 6 nitrogen and oxygen atoms in total. The molecule has 1 amide bonds. The van der Waals surface area contributed by atoms with Crippen molar-refractivity contribution in [2.45, 2.75) is 51.6 Å². The maximum absolute atomic E-state index is 12.1. The molecule has 1 aromatic rings. The molecule has 1 unspecified atom stereocenters. The van der Waals surface area contributed by atoms with Gasteiger partial charge in [0.1, 0.15) is 0 Å². The molecule has 1 saturated heterocycles. The number of nitrogens with one attached hydrogen (secondary N) is 3. The lowest BCUT2D eigenvalue weighted by molar-refractivity contribution is -0.122. The fourth-order valence-electron chi connectivity index (χ4n) is 3.84. The van der Waals surface area contributed by atoms with Gasteiger partial charge in [0.05, 0.1) is 0 Å². The van der Waals surface area contributed by atoms with Gasteiger partial charge in [0, 0.05) is 37.8 Å². The standard InChI is InChI=1S/C21H33N5O.HI/c1-3-26-12-6-11-19(26)15-24-21(22-2)23-14-16-7-4-10-18(13-16)25-20(27)17-8-5-9-17;/h4,7,10,13,17,19H,3,5-6,8-9,11-12,14-15H2,1-2H3,(H,25,27)(H2,22,23,24);1H.